The Morgan fingerprint density at radius 2 is 1.88 bits per heavy atom. The van der Waals surface area contributed by atoms with E-state index in [0.717, 1.165) is 5.56 Å². The number of halogens is 1. The standard InChI is InChI=1S/C14H10FO2/c15-14-8-13(7-6-12(14)9-16)17-10-11-4-2-1-3-5-11/h1-8H,10H2. The van der Waals surface area contributed by atoms with Crippen molar-refractivity contribution >= 4 is 6.29 Å². The van der Waals surface area contributed by atoms with E-state index in [1.165, 1.54) is 18.4 Å². The Labute approximate surface area is 98.7 Å². The zero-order chi connectivity index (χ0) is 12.1. The molecule has 0 saturated heterocycles. The molecule has 2 aromatic rings. The van der Waals surface area contributed by atoms with Crippen LogP contribution >= 0.6 is 0 Å². The fraction of sp³-hybridized carbons (Fsp3) is 0.0714. The minimum Gasteiger partial charge on any atom is -0.489 e. The fourth-order valence-corrected chi connectivity index (χ4v) is 1.41. The van der Waals surface area contributed by atoms with E-state index in [4.69, 9.17) is 4.74 Å². The lowest BCUT2D eigenvalue weighted by Gasteiger charge is -2.06. The molecule has 17 heavy (non-hydrogen) atoms. The SMILES string of the molecule is O=[C]c1ccc(OCc2ccccc2)cc1F. The highest BCUT2D eigenvalue weighted by atomic mass is 19.1. The van der Waals surface area contributed by atoms with E-state index in [-0.39, 0.29) is 5.56 Å². The first-order valence-corrected chi connectivity index (χ1v) is 5.14. The first kappa shape index (κ1) is 11.3. The lowest BCUT2D eigenvalue weighted by Crippen LogP contribution is -1.96. The topological polar surface area (TPSA) is 26.3 Å². The molecule has 2 nitrogen and oxygen atoms in total. The van der Waals surface area contributed by atoms with E-state index in [2.05, 4.69) is 0 Å². The van der Waals surface area contributed by atoms with Gasteiger partial charge in [0.25, 0.3) is 0 Å². The maximum Gasteiger partial charge on any atom is 0.236 e. The minimum absolute atomic E-state index is 0.0861. The van der Waals surface area contributed by atoms with Crippen LogP contribution in [-0.2, 0) is 11.4 Å². The van der Waals surface area contributed by atoms with E-state index in [1.807, 2.05) is 30.3 Å². The van der Waals surface area contributed by atoms with E-state index in [0.29, 0.717) is 12.4 Å². The van der Waals surface area contributed by atoms with Crippen molar-refractivity contribution in [3.8, 4) is 5.75 Å². The van der Waals surface area contributed by atoms with Crippen LogP contribution in [0.15, 0.2) is 48.5 Å². The van der Waals surface area contributed by atoms with Gasteiger partial charge in [-0.3, -0.25) is 4.79 Å². The molecule has 0 unspecified atom stereocenters. The summed E-state index contributed by atoms with van der Waals surface area (Å²) in [5, 5.41) is 0. The Bertz CT molecular complexity index is 509. The van der Waals surface area contributed by atoms with E-state index in [9.17, 15) is 9.18 Å². The van der Waals surface area contributed by atoms with Crippen molar-refractivity contribution in [2.45, 2.75) is 6.61 Å². The van der Waals surface area contributed by atoms with Gasteiger partial charge in [-0.15, -0.1) is 0 Å². The quantitative estimate of drug-likeness (QED) is 0.805. The molecule has 0 bridgehead atoms. The van der Waals surface area contributed by atoms with Crippen LogP contribution in [-0.4, -0.2) is 6.29 Å². The molecule has 2 rings (SSSR count). The summed E-state index contributed by atoms with van der Waals surface area (Å²) >= 11 is 0. The van der Waals surface area contributed by atoms with Crippen LogP contribution in [0.4, 0.5) is 4.39 Å². The molecule has 0 saturated carbocycles. The highest BCUT2D eigenvalue weighted by Crippen LogP contribution is 2.16. The molecular formula is C14H10FO2. The molecule has 0 fully saturated rings. The van der Waals surface area contributed by atoms with Gasteiger partial charge < -0.3 is 4.74 Å². The highest BCUT2D eigenvalue weighted by Gasteiger charge is 2.04. The predicted octanol–water partition coefficient (Wildman–Crippen LogP) is 2.86. The van der Waals surface area contributed by atoms with Crippen LogP contribution in [0.5, 0.6) is 5.75 Å². The molecule has 0 heterocycles. The lowest BCUT2D eigenvalue weighted by atomic mass is 10.2. The molecule has 0 spiro atoms. The second-order valence-corrected chi connectivity index (χ2v) is 3.52. The smallest absolute Gasteiger partial charge is 0.236 e. The Morgan fingerprint density at radius 1 is 1.12 bits per heavy atom. The molecule has 0 atom stereocenters. The van der Waals surface area contributed by atoms with Crippen LogP contribution in [0.25, 0.3) is 0 Å². The average Bonchev–Trinajstić information content (AvgIpc) is 2.38. The van der Waals surface area contributed by atoms with Crippen molar-refractivity contribution in [2.75, 3.05) is 0 Å². The van der Waals surface area contributed by atoms with Crippen molar-refractivity contribution in [1.82, 2.24) is 0 Å². The summed E-state index contributed by atoms with van der Waals surface area (Å²) in [6.07, 6.45) is 1.52. The van der Waals surface area contributed by atoms with Crippen molar-refractivity contribution in [1.29, 1.82) is 0 Å². The maximum absolute atomic E-state index is 13.2. The van der Waals surface area contributed by atoms with Crippen LogP contribution in [0, 0.1) is 5.82 Å². The second kappa shape index (κ2) is 5.25. The molecule has 1 radical (unpaired) electrons. The summed E-state index contributed by atoms with van der Waals surface area (Å²) in [6, 6.07) is 13.7. The zero-order valence-electron chi connectivity index (χ0n) is 9.02. The monoisotopic (exact) mass is 229 g/mol. The van der Waals surface area contributed by atoms with Gasteiger partial charge in [-0.05, 0) is 17.7 Å². The van der Waals surface area contributed by atoms with E-state index < -0.39 is 5.82 Å². The average molecular weight is 229 g/mol. The number of hydrogen-bond acceptors (Lipinski definition) is 2. The molecule has 0 aliphatic rings. The lowest BCUT2D eigenvalue weighted by molar-refractivity contribution is 0.304. The predicted molar refractivity (Wildman–Crippen MR) is 62.0 cm³/mol. The number of carbonyl (C=O) groups excluding carboxylic acids is 1. The van der Waals surface area contributed by atoms with Gasteiger partial charge in [0.05, 0.1) is 5.56 Å². The van der Waals surface area contributed by atoms with Crippen molar-refractivity contribution in [2.24, 2.45) is 0 Å². The summed E-state index contributed by atoms with van der Waals surface area (Å²) in [4.78, 5) is 10.3. The van der Waals surface area contributed by atoms with Gasteiger partial charge >= 0.3 is 0 Å². The van der Waals surface area contributed by atoms with Crippen LogP contribution in [0.1, 0.15) is 11.1 Å². The second-order valence-electron chi connectivity index (χ2n) is 3.52. The fourth-order valence-electron chi connectivity index (χ4n) is 1.41. The third kappa shape index (κ3) is 2.91. The molecular weight excluding hydrogens is 219 g/mol. The van der Waals surface area contributed by atoms with Crippen molar-refractivity contribution in [3.05, 3.63) is 65.5 Å². The van der Waals surface area contributed by atoms with Gasteiger partial charge in [0, 0.05) is 6.07 Å². The highest BCUT2D eigenvalue weighted by molar-refractivity contribution is 5.75. The van der Waals surface area contributed by atoms with Crippen molar-refractivity contribution < 1.29 is 13.9 Å². The Morgan fingerprint density at radius 3 is 2.53 bits per heavy atom. The normalized spacial score (nSPS) is 9.94. The molecule has 85 valence electrons. The first-order valence-electron chi connectivity index (χ1n) is 5.14. The van der Waals surface area contributed by atoms with Gasteiger partial charge in [-0.2, -0.15) is 0 Å². The number of benzene rings is 2. The van der Waals surface area contributed by atoms with Crippen LogP contribution < -0.4 is 4.74 Å². The summed E-state index contributed by atoms with van der Waals surface area (Å²) in [6.45, 7) is 0.366. The van der Waals surface area contributed by atoms with E-state index in [1.54, 1.807) is 6.07 Å². The molecule has 0 amide bonds. The molecule has 0 aliphatic carbocycles. The number of ether oxygens (including phenoxy) is 1. The summed E-state index contributed by atoms with van der Waals surface area (Å²) in [5.41, 5.74) is 0.913. The molecule has 2 aromatic carbocycles. The molecule has 0 aliphatic heterocycles. The van der Waals surface area contributed by atoms with Gasteiger partial charge in [0.15, 0.2) is 0 Å². The molecule has 0 aromatic heterocycles. The summed E-state index contributed by atoms with van der Waals surface area (Å²) in [7, 11) is 0. The van der Waals surface area contributed by atoms with Gasteiger partial charge in [0.2, 0.25) is 6.29 Å². The van der Waals surface area contributed by atoms with Crippen molar-refractivity contribution in [3.63, 3.8) is 0 Å². The summed E-state index contributed by atoms with van der Waals surface area (Å²) in [5.74, 6) is -0.226. The van der Waals surface area contributed by atoms with Gasteiger partial charge in [-0.25, -0.2) is 4.39 Å². The molecule has 0 N–H and O–H groups in total. The third-order valence-electron chi connectivity index (χ3n) is 2.30. The number of hydrogen-bond donors (Lipinski definition) is 0. The van der Waals surface area contributed by atoms with Crippen LogP contribution in [0.2, 0.25) is 0 Å². The summed E-state index contributed by atoms with van der Waals surface area (Å²) < 4.78 is 18.6. The zero-order valence-corrected chi connectivity index (χ0v) is 9.02. The molecule has 3 heteroatoms. The number of rotatable bonds is 4. The Balaban J connectivity index is 2.05. The van der Waals surface area contributed by atoms with Crippen LogP contribution in [0.3, 0.4) is 0 Å². The third-order valence-corrected chi connectivity index (χ3v) is 2.30. The largest absolute Gasteiger partial charge is 0.489 e. The Hall–Kier alpha value is -2.16. The minimum atomic E-state index is -0.620. The first-order chi connectivity index (χ1) is 8.29. The van der Waals surface area contributed by atoms with Gasteiger partial charge in [-0.1, -0.05) is 30.3 Å². The van der Waals surface area contributed by atoms with Gasteiger partial charge in [0.1, 0.15) is 18.2 Å². The Kier molecular flexibility index (Phi) is 3.50. The van der Waals surface area contributed by atoms with E-state index >= 15 is 0 Å². The maximum atomic E-state index is 13.2.